The normalized spacial score (nSPS) is 18.3. The zero-order valence-electron chi connectivity index (χ0n) is 10.1. The average Bonchev–Trinajstić information content (AvgIpc) is 2.85. The van der Waals surface area contributed by atoms with E-state index < -0.39 is 6.04 Å². The van der Waals surface area contributed by atoms with Gasteiger partial charge in [0, 0.05) is 5.69 Å². The molecule has 5 heteroatoms. The molecule has 0 bridgehead atoms. The lowest BCUT2D eigenvalue weighted by Gasteiger charge is -2.10. The second-order valence-corrected chi connectivity index (χ2v) is 4.50. The molecule has 2 amide bonds. The van der Waals surface area contributed by atoms with E-state index in [1.165, 1.54) is 0 Å². The summed E-state index contributed by atoms with van der Waals surface area (Å²) >= 11 is 0. The van der Waals surface area contributed by atoms with Crippen LogP contribution in [0.25, 0.3) is 10.8 Å². The van der Waals surface area contributed by atoms with Crippen LogP contribution < -0.4 is 16.2 Å². The number of rotatable bonds is 2. The molecule has 0 aliphatic carbocycles. The van der Waals surface area contributed by atoms with Crippen molar-refractivity contribution in [1.29, 1.82) is 0 Å². The van der Waals surface area contributed by atoms with Gasteiger partial charge in [0.2, 0.25) is 11.8 Å². The smallest absolute Gasteiger partial charge is 0.243 e. The first-order valence-electron chi connectivity index (χ1n) is 6.06. The Hall–Kier alpha value is -2.40. The third kappa shape index (κ3) is 2.41. The van der Waals surface area contributed by atoms with Gasteiger partial charge in [0.15, 0.2) is 0 Å². The SMILES string of the molecule is O=C1CC(C(=O)Nc2ccc3ccccc3c2)NN1. The van der Waals surface area contributed by atoms with Crippen LogP contribution in [-0.4, -0.2) is 17.9 Å². The Morgan fingerprint density at radius 2 is 1.95 bits per heavy atom. The number of benzene rings is 2. The van der Waals surface area contributed by atoms with Gasteiger partial charge in [-0.25, -0.2) is 5.43 Å². The molecule has 3 N–H and O–H groups in total. The summed E-state index contributed by atoms with van der Waals surface area (Å²) < 4.78 is 0. The van der Waals surface area contributed by atoms with Gasteiger partial charge in [-0.3, -0.25) is 15.0 Å². The molecule has 1 fully saturated rings. The number of hydrogen-bond donors (Lipinski definition) is 3. The van der Waals surface area contributed by atoms with Gasteiger partial charge >= 0.3 is 0 Å². The molecular formula is C14H13N3O2. The first-order chi connectivity index (χ1) is 9.22. The molecule has 1 heterocycles. The van der Waals surface area contributed by atoms with Crippen molar-refractivity contribution in [3.8, 4) is 0 Å². The molecule has 2 aromatic carbocycles. The predicted molar refractivity (Wildman–Crippen MR) is 72.3 cm³/mol. The minimum absolute atomic E-state index is 0.166. The quantitative estimate of drug-likeness (QED) is 0.754. The number of carbonyl (C=O) groups is 2. The molecule has 0 saturated carbocycles. The van der Waals surface area contributed by atoms with Crippen LogP contribution in [0.4, 0.5) is 5.69 Å². The molecule has 0 spiro atoms. The Labute approximate surface area is 110 Å². The molecule has 1 atom stereocenters. The second kappa shape index (κ2) is 4.70. The number of amides is 2. The molecule has 1 aliphatic rings. The lowest BCUT2D eigenvalue weighted by molar-refractivity contribution is -0.121. The van der Waals surface area contributed by atoms with E-state index in [9.17, 15) is 9.59 Å². The summed E-state index contributed by atoms with van der Waals surface area (Å²) in [7, 11) is 0. The van der Waals surface area contributed by atoms with Crippen molar-refractivity contribution < 1.29 is 9.59 Å². The highest BCUT2D eigenvalue weighted by Crippen LogP contribution is 2.19. The van der Waals surface area contributed by atoms with E-state index >= 15 is 0 Å². The van der Waals surface area contributed by atoms with Crippen molar-refractivity contribution in [3.05, 3.63) is 42.5 Å². The second-order valence-electron chi connectivity index (χ2n) is 4.50. The third-order valence-electron chi connectivity index (χ3n) is 3.11. The molecule has 5 nitrogen and oxygen atoms in total. The van der Waals surface area contributed by atoms with Crippen molar-refractivity contribution in [2.75, 3.05) is 5.32 Å². The molecule has 0 radical (unpaired) electrons. The number of carbonyl (C=O) groups excluding carboxylic acids is 2. The van der Waals surface area contributed by atoms with Crippen LogP contribution in [0.3, 0.4) is 0 Å². The Morgan fingerprint density at radius 3 is 2.68 bits per heavy atom. The summed E-state index contributed by atoms with van der Waals surface area (Å²) in [6.45, 7) is 0. The number of anilines is 1. The van der Waals surface area contributed by atoms with Gasteiger partial charge in [-0.1, -0.05) is 30.3 Å². The first kappa shape index (κ1) is 11.7. The predicted octanol–water partition coefficient (Wildman–Crippen LogP) is 1.17. The molecule has 3 rings (SSSR count). The average molecular weight is 255 g/mol. The number of hydrogen-bond acceptors (Lipinski definition) is 3. The van der Waals surface area contributed by atoms with Gasteiger partial charge in [-0.15, -0.1) is 0 Å². The van der Waals surface area contributed by atoms with Gasteiger partial charge in [-0.2, -0.15) is 0 Å². The summed E-state index contributed by atoms with van der Waals surface area (Å²) in [5, 5.41) is 4.99. The summed E-state index contributed by atoms with van der Waals surface area (Å²) in [5.74, 6) is -0.382. The fourth-order valence-electron chi connectivity index (χ4n) is 2.11. The largest absolute Gasteiger partial charge is 0.325 e. The van der Waals surface area contributed by atoms with Crippen LogP contribution in [0.5, 0.6) is 0 Å². The highest BCUT2D eigenvalue weighted by atomic mass is 16.2. The van der Waals surface area contributed by atoms with Crippen LogP contribution in [0, 0.1) is 0 Å². The van der Waals surface area contributed by atoms with Crippen LogP contribution in [0.15, 0.2) is 42.5 Å². The highest BCUT2D eigenvalue weighted by molar-refractivity contribution is 6.00. The third-order valence-corrected chi connectivity index (χ3v) is 3.11. The number of hydrazine groups is 1. The monoisotopic (exact) mass is 255 g/mol. The molecule has 2 aromatic rings. The van der Waals surface area contributed by atoms with Crippen molar-refractivity contribution in [2.24, 2.45) is 0 Å². The minimum atomic E-state index is -0.515. The standard InChI is InChI=1S/C14H13N3O2/c18-13-8-12(16-17-13)14(19)15-11-6-5-9-3-1-2-4-10(9)7-11/h1-7,12,16H,8H2,(H,15,19)(H,17,18). The van der Waals surface area contributed by atoms with Gasteiger partial charge in [0.25, 0.3) is 0 Å². The van der Waals surface area contributed by atoms with Crippen LogP contribution in [0.2, 0.25) is 0 Å². The van der Waals surface area contributed by atoms with Crippen LogP contribution in [0.1, 0.15) is 6.42 Å². The summed E-state index contributed by atoms with van der Waals surface area (Å²) in [6.07, 6.45) is 0.166. The van der Waals surface area contributed by atoms with Crippen molar-refractivity contribution in [1.82, 2.24) is 10.9 Å². The van der Waals surface area contributed by atoms with Gasteiger partial charge in [0.1, 0.15) is 6.04 Å². The van der Waals surface area contributed by atoms with E-state index in [0.29, 0.717) is 0 Å². The Bertz CT molecular complexity index is 654. The maximum atomic E-state index is 11.9. The zero-order valence-corrected chi connectivity index (χ0v) is 10.1. The van der Waals surface area contributed by atoms with E-state index in [1.807, 2.05) is 42.5 Å². The van der Waals surface area contributed by atoms with E-state index in [-0.39, 0.29) is 18.2 Å². The Balaban J connectivity index is 1.77. The van der Waals surface area contributed by atoms with Crippen molar-refractivity contribution >= 4 is 28.3 Å². The maximum absolute atomic E-state index is 11.9. The van der Waals surface area contributed by atoms with E-state index in [2.05, 4.69) is 16.2 Å². The van der Waals surface area contributed by atoms with Crippen molar-refractivity contribution in [2.45, 2.75) is 12.5 Å². The fraction of sp³-hybridized carbons (Fsp3) is 0.143. The van der Waals surface area contributed by atoms with E-state index in [1.54, 1.807) is 0 Å². The van der Waals surface area contributed by atoms with Gasteiger partial charge in [0.05, 0.1) is 6.42 Å². The van der Waals surface area contributed by atoms with Gasteiger partial charge < -0.3 is 5.32 Å². The lowest BCUT2D eigenvalue weighted by Crippen LogP contribution is -2.39. The first-order valence-corrected chi connectivity index (χ1v) is 6.06. The molecule has 0 aromatic heterocycles. The lowest BCUT2D eigenvalue weighted by atomic mass is 10.1. The topological polar surface area (TPSA) is 70.2 Å². The maximum Gasteiger partial charge on any atom is 0.243 e. The van der Waals surface area contributed by atoms with Crippen molar-refractivity contribution in [3.63, 3.8) is 0 Å². The zero-order chi connectivity index (χ0) is 13.2. The molecule has 1 aliphatic heterocycles. The number of fused-ring (bicyclic) bond motifs is 1. The fourth-order valence-corrected chi connectivity index (χ4v) is 2.11. The molecular weight excluding hydrogens is 242 g/mol. The highest BCUT2D eigenvalue weighted by Gasteiger charge is 2.27. The summed E-state index contributed by atoms with van der Waals surface area (Å²) in [5.41, 5.74) is 5.79. The van der Waals surface area contributed by atoms with Crippen LogP contribution in [-0.2, 0) is 9.59 Å². The van der Waals surface area contributed by atoms with E-state index in [0.717, 1.165) is 16.5 Å². The molecule has 19 heavy (non-hydrogen) atoms. The minimum Gasteiger partial charge on any atom is -0.325 e. The Morgan fingerprint density at radius 1 is 1.16 bits per heavy atom. The Kier molecular flexibility index (Phi) is 2.89. The van der Waals surface area contributed by atoms with Gasteiger partial charge in [-0.05, 0) is 22.9 Å². The molecule has 96 valence electrons. The van der Waals surface area contributed by atoms with E-state index in [4.69, 9.17) is 0 Å². The summed E-state index contributed by atoms with van der Waals surface area (Å²) in [6, 6.07) is 13.1. The number of nitrogens with one attached hydrogen (secondary N) is 3. The molecule has 1 unspecified atom stereocenters. The molecule has 1 saturated heterocycles. The van der Waals surface area contributed by atoms with Crippen LogP contribution >= 0.6 is 0 Å². The summed E-state index contributed by atoms with van der Waals surface area (Å²) in [4.78, 5) is 23.0.